The largest absolute Gasteiger partial charge is 0.478 e. The van der Waals surface area contributed by atoms with Gasteiger partial charge >= 0.3 is 11.9 Å². The number of hydrogen-bond acceptors (Lipinski definition) is 4. The lowest BCUT2D eigenvalue weighted by Gasteiger charge is -2.20. The summed E-state index contributed by atoms with van der Waals surface area (Å²) in [5.41, 5.74) is -0.463. The fourth-order valence-corrected chi connectivity index (χ4v) is 2.40. The van der Waals surface area contributed by atoms with Crippen molar-refractivity contribution in [1.29, 1.82) is 0 Å². The van der Waals surface area contributed by atoms with Gasteiger partial charge in [-0.15, -0.1) is 0 Å². The van der Waals surface area contributed by atoms with Gasteiger partial charge in [-0.2, -0.15) is 12.6 Å². The van der Waals surface area contributed by atoms with E-state index in [1.165, 1.54) is 23.1 Å². The van der Waals surface area contributed by atoms with Crippen LogP contribution in [0.1, 0.15) is 27.1 Å². The Morgan fingerprint density at radius 3 is 2.11 bits per heavy atom. The van der Waals surface area contributed by atoms with Gasteiger partial charge in [0.2, 0.25) is 5.91 Å². The van der Waals surface area contributed by atoms with Crippen LogP contribution in [0.4, 0.5) is 5.69 Å². The number of anilines is 1. The predicted octanol–water partition coefficient (Wildman–Crippen LogP) is 1.12. The van der Waals surface area contributed by atoms with E-state index in [2.05, 4.69) is 12.6 Å². The number of carboxylic acid groups (broad SMARTS) is 2. The maximum absolute atomic E-state index is 11.8. The van der Waals surface area contributed by atoms with Crippen molar-refractivity contribution in [2.24, 2.45) is 0 Å². The molecule has 2 rings (SSSR count). The first-order chi connectivity index (χ1) is 8.91. The van der Waals surface area contributed by atoms with E-state index < -0.39 is 11.9 Å². The third-order valence-corrected chi connectivity index (χ3v) is 3.22. The summed E-state index contributed by atoms with van der Waals surface area (Å²) < 4.78 is 0. The number of nitrogens with zero attached hydrogens (tertiary/aromatic N) is 1. The third kappa shape index (κ3) is 2.41. The summed E-state index contributed by atoms with van der Waals surface area (Å²) >= 11 is 4.18. The molecule has 1 aromatic rings. The fraction of sp³-hybridized carbons (Fsp3) is 0.250. The molecule has 0 aliphatic carbocycles. The monoisotopic (exact) mass is 281 g/mol. The molecule has 1 amide bonds. The van der Waals surface area contributed by atoms with Gasteiger partial charge in [0.15, 0.2) is 0 Å². The van der Waals surface area contributed by atoms with Crippen LogP contribution in [-0.2, 0) is 4.79 Å². The second-order valence-electron chi connectivity index (χ2n) is 4.17. The van der Waals surface area contributed by atoms with Crippen molar-refractivity contribution in [3.8, 4) is 0 Å². The van der Waals surface area contributed by atoms with E-state index in [1.54, 1.807) is 0 Å². The van der Waals surface area contributed by atoms with Crippen LogP contribution in [0.3, 0.4) is 0 Å². The number of carbonyl (C=O) groups excluding carboxylic acids is 1. The molecule has 7 heteroatoms. The molecule has 6 nitrogen and oxygen atoms in total. The molecule has 0 aromatic heterocycles. The normalized spacial score (nSPS) is 18.7. The quantitative estimate of drug-likeness (QED) is 0.722. The predicted molar refractivity (Wildman–Crippen MR) is 70.1 cm³/mol. The minimum absolute atomic E-state index is 0.0657. The fourth-order valence-electron chi connectivity index (χ4n) is 2.08. The zero-order valence-electron chi connectivity index (χ0n) is 9.74. The number of thiol groups is 1. The van der Waals surface area contributed by atoms with Gasteiger partial charge in [0, 0.05) is 18.2 Å². The SMILES string of the molecule is O=C(O)c1cccc(C(=O)O)c1N1CC(S)CC1=O. The molecule has 1 aliphatic rings. The van der Waals surface area contributed by atoms with Gasteiger partial charge in [0.1, 0.15) is 0 Å². The molecule has 1 unspecified atom stereocenters. The number of rotatable bonds is 3. The standard InChI is InChI=1S/C12H11NO5S/c14-9-4-6(19)5-13(9)10-7(11(15)16)2-1-3-8(10)12(17)18/h1-3,6,19H,4-5H2,(H,15,16)(H,17,18). The van der Waals surface area contributed by atoms with Crippen molar-refractivity contribution in [2.75, 3.05) is 11.4 Å². The maximum Gasteiger partial charge on any atom is 0.337 e. The van der Waals surface area contributed by atoms with Crippen LogP contribution in [0.2, 0.25) is 0 Å². The molecule has 1 aliphatic heterocycles. The van der Waals surface area contributed by atoms with Gasteiger partial charge in [-0.25, -0.2) is 9.59 Å². The maximum atomic E-state index is 11.8. The molecule has 0 saturated carbocycles. The van der Waals surface area contributed by atoms with Crippen LogP contribution in [0, 0.1) is 0 Å². The van der Waals surface area contributed by atoms with Gasteiger partial charge in [0.05, 0.1) is 16.8 Å². The molecule has 0 spiro atoms. The topological polar surface area (TPSA) is 94.9 Å². The number of benzene rings is 1. The van der Waals surface area contributed by atoms with Crippen molar-refractivity contribution >= 4 is 36.2 Å². The number of carboxylic acids is 2. The van der Waals surface area contributed by atoms with Gasteiger partial charge in [-0.1, -0.05) is 6.07 Å². The molecule has 0 radical (unpaired) electrons. The van der Waals surface area contributed by atoms with Crippen LogP contribution in [0.25, 0.3) is 0 Å². The average Bonchev–Trinajstić information content (AvgIpc) is 2.67. The molecular weight excluding hydrogens is 270 g/mol. The summed E-state index contributed by atoms with van der Waals surface area (Å²) in [4.78, 5) is 35.4. The van der Waals surface area contributed by atoms with Crippen LogP contribution in [0.15, 0.2) is 18.2 Å². The van der Waals surface area contributed by atoms with Crippen molar-refractivity contribution in [3.63, 3.8) is 0 Å². The lowest BCUT2D eigenvalue weighted by atomic mass is 10.1. The van der Waals surface area contributed by atoms with E-state index in [0.29, 0.717) is 0 Å². The molecule has 1 saturated heterocycles. The Morgan fingerprint density at radius 1 is 1.21 bits per heavy atom. The van der Waals surface area contributed by atoms with Gasteiger partial charge < -0.3 is 15.1 Å². The minimum Gasteiger partial charge on any atom is -0.478 e. The van der Waals surface area contributed by atoms with Crippen LogP contribution < -0.4 is 4.90 Å². The van der Waals surface area contributed by atoms with Crippen molar-refractivity contribution in [2.45, 2.75) is 11.7 Å². The highest BCUT2D eigenvalue weighted by molar-refractivity contribution is 7.81. The lowest BCUT2D eigenvalue weighted by molar-refractivity contribution is -0.117. The van der Waals surface area contributed by atoms with E-state index in [-0.39, 0.29) is 40.9 Å². The Balaban J connectivity index is 2.62. The van der Waals surface area contributed by atoms with E-state index in [1.807, 2.05) is 0 Å². The number of amides is 1. The molecule has 1 aromatic carbocycles. The first-order valence-corrected chi connectivity index (χ1v) is 6.01. The molecule has 2 N–H and O–H groups in total. The Bertz CT molecular complexity index is 539. The number of carbonyl (C=O) groups is 3. The number of hydrogen-bond donors (Lipinski definition) is 3. The first kappa shape index (κ1) is 13.4. The Kier molecular flexibility index (Phi) is 3.48. The molecule has 19 heavy (non-hydrogen) atoms. The molecule has 1 heterocycles. The second kappa shape index (κ2) is 4.93. The van der Waals surface area contributed by atoms with Crippen LogP contribution in [0.5, 0.6) is 0 Å². The molecule has 0 bridgehead atoms. The summed E-state index contributed by atoms with van der Waals surface area (Å²) in [6, 6.07) is 3.90. The average molecular weight is 281 g/mol. The third-order valence-electron chi connectivity index (χ3n) is 2.87. The zero-order chi connectivity index (χ0) is 14.2. The minimum atomic E-state index is -1.27. The summed E-state index contributed by atoms with van der Waals surface area (Å²) in [6.45, 7) is 0.201. The second-order valence-corrected chi connectivity index (χ2v) is 4.90. The molecule has 1 atom stereocenters. The Morgan fingerprint density at radius 2 is 1.74 bits per heavy atom. The Labute approximate surface area is 114 Å². The van der Waals surface area contributed by atoms with Crippen molar-refractivity contribution < 1.29 is 24.6 Å². The van der Waals surface area contributed by atoms with Gasteiger partial charge in [-0.3, -0.25) is 4.79 Å². The number of aromatic carboxylic acids is 2. The van der Waals surface area contributed by atoms with Gasteiger partial charge in [0.25, 0.3) is 0 Å². The molecular formula is C12H11NO5S. The summed E-state index contributed by atoms with van der Waals surface area (Å²) in [5, 5.41) is 18.0. The highest BCUT2D eigenvalue weighted by Gasteiger charge is 2.33. The lowest BCUT2D eigenvalue weighted by Crippen LogP contribution is -2.28. The van der Waals surface area contributed by atoms with E-state index in [0.717, 1.165) is 0 Å². The van der Waals surface area contributed by atoms with Crippen molar-refractivity contribution in [3.05, 3.63) is 29.3 Å². The summed E-state index contributed by atoms with van der Waals surface area (Å²) in [5.74, 6) is -2.86. The van der Waals surface area contributed by atoms with Crippen molar-refractivity contribution in [1.82, 2.24) is 0 Å². The van der Waals surface area contributed by atoms with Crippen LogP contribution >= 0.6 is 12.6 Å². The van der Waals surface area contributed by atoms with E-state index >= 15 is 0 Å². The molecule has 100 valence electrons. The smallest absolute Gasteiger partial charge is 0.337 e. The summed E-state index contributed by atoms with van der Waals surface area (Å²) in [7, 11) is 0. The van der Waals surface area contributed by atoms with E-state index in [4.69, 9.17) is 10.2 Å². The Hall–Kier alpha value is -2.02. The summed E-state index contributed by atoms with van der Waals surface area (Å²) in [6.07, 6.45) is 0.163. The first-order valence-electron chi connectivity index (χ1n) is 5.50. The van der Waals surface area contributed by atoms with E-state index in [9.17, 15) is 14.4 Å². The highest BCUT2D eigenvalue weighted by Crippen LogP contribution is 2.31. The zero-order valence-corrected chi connectivity index (χ0v) is 10.6. The van der Waals surface area contributed by atoms with Gasteiger partial charge in [-0.05, 0) is 12.1 Å². The van der Waals surface area contributed by atoms with Crippen LogP contribution in [-0.4, -0.2) is 39.9 Å². The molecule has 1 fully saturated rings. The highest BCUT2D eigenvalue weighted by atomic mass is 32.1. The number of para-hydroxylation sites is 1.